The van der Waals surface area contributed by atoms with E-state index in [1.54, 1.807) is 0 Å². The van der Waals surface area contributed by atoms with Crippen LogP contribution >= 0.6 is 11.6 Å². The second-order valence-corrected chi connectivity index (χ2v) is 3.44. The van der Waals surface area contributed by atoms with Crippen LogP contribution in [0.4, 0.5) is 4.39 Å². The van der Waals surface area contributed by atoms with Crippen LogP contribution in [0.25, 0.3) is 0 Å². The Hall–Kier alpha value is -1.33. The molecule has 0 heterocycles. The number of carboxylic acids is 1. The highest BCUT2D eigenvalue weighted by atomic mass is 35.5. The fourth-order valence-electron chi connectivity index (χ4n) is 1.11. The van der Waals surface area contributed by atoms with Crippen molar-refractivity contribution in [2.75, 3.05) is 0 Å². The maximum absolute atomic E-state index is 13.0. The quantitative estimate of drug-likeness (QED) is 0.741. The summed E-state index contributed by atoms with van der Waals surface area (Å²) in [5, 5.41) is 17.3. The van der Waals surface area contributed by atoms with Gasteiger partial charge in [0, 0.05) is 6.04 Å². The van der Waals surface area contributed by atoms with Gasteiger partial charge in [0.25, 0.3) is 0 Å². The van der Waals surface area contributed by atoms with Crippen molar-refractivity contribution in [2.24, 2.45) is 5.73 Å². The van der Waals surface area contributed by atoms with E-state index in [9.17, 15) is 9.18 Å². The molecule has 4 nitrogen and oxygen atoms in total. The highest BCUT2D eigenvalue weighted by Gasteiger charge is 2.15. The number of aliphatic carboxylic acids is 1. The van der Waals surface area contributed by atoms with Crippen LogP contribution < -0.4 is 5.73 Å². The second kappa shape index (κ2) is 4.46. The Morgan fingerprint density at radius 2 is 2.20 bits per heavy atom. The fourth-order valence-corrected chi connectivity index (χ4v) is 1.32. The maximum Gasteiger partial charge on any atom is 0.305 e. The summed E-state index contributed by atoms with van der Waals surface area (Å²) in [4.78, 5) is 10.4. The molecular formula is C9H9ClFNO3. The first-order valence-electron chi connectivity index (χ1n) is 4.07. The Balaban J connectivity index is 3.00. The normalized spacial score (nSPS) is 12.5. The zero-order valence-electron chi connectivity index (χ0n) is 7.58. The number of hydrogen-bond donors (Lipinski definition) is 3. The number of halogens is 2. The molecule has 0 radical (unpaired) electrons. The van der Waals surface area contributed by atoms with Gasteiger partial charge in [-0.25, -0.2) is 4.39 Å². The number of hydrogen-bond acceptors (Lipinski definition) is 3. The van der Waals surface area contributed by atoms with Gasteiger partial charge in [-0.15, -0.1) is 0 Å². The molecule has 0 saturated carbocycles. The SMILES string of the molecule is NC(CC(=O)O)c1cc(F)c(O)c(Cl)c1. The largest absolute Gasteiger partial charge is 0.504 e. The van der Waals surface area contributed by atoms with Gasteiger partial charge in [0.2, 0.25) is 0 Å². The molecule has 0 amide bonds. The van der Waals surface area contributed by atoms with Gasteiger partial charge in [0.05, 0.1) is 11.4 Å². The van der Waals surface area contributed by atoms with Gasteiger partial charge in [-0.1, -0.05) is 11.6 Å². The van der Waals surface area contributed by atoms with Crippen LogP contribution in [0.5, 0.6) is 5.75 Å². The minimum absolute atomic E-state index is 0.189. The number of carboxylic acid groups (broad SMARTS) is 1. The zero-order valence-corrected chi connectivity index (χ0v) is 8.33. The van der Waals surface area contributed by atoms with E-state index in [-0.39, 0.29) is 17.0 Å². The third-order valence-corrected chi connectivity index (χ3v) is 2.15. The predicted molar refractivity (Wildman–Crippen MR) is 52.3 cm³/mol. The van der Waals surface area contributed by atoms with Gasteiger partial charge in [-0.3, -0.25) is 4.79 Å². The monoisotopic (exact) mass is 233 g/mol. The van der Waals surface area contributed by atoms with Crippen molar-refractivity contribution in [1.29, 1.82) is 0 Å². The summed E-state index contributed by atoms with van der Waals surface area (Å²) < 4.78 is 13.0. The minimum Gasteiger partial charge on any atom is -0.504 e. The van der Waals surface area contributed by atoms with Crippen LogP contribution in [0, 0.1) is 5.82 Å². The highest BCUT2D eigenvalue weighted by Crippen LogP contribution is 2.30. The summed E-state index contributed by atoms with van der Waals surface area (Å²) in [6.07, 6.45) is -0.333. The van der Waals surface area contributed by atoms with Crippen molar-refractivity contribution < 1.29 is 19.4 Å². The highest BCUT2D eigenvalue weighted by molar-refractivity contribution is 6.32. The summed E-state index contributed by atoms with van der Waals surface area (Å²) in [6, 6.07) is 1.36. The Morgan fingerprint density at radius 3 is 2.67 bits per heavy atom. The molecule has 6 heteroatoms. The van der Waals surface area contributed by atoms with Crippen molar-refractivity contribution in [3.63, 3.8) is 0 Å². The molecule has 0 aromatic heterocycles. The molecule has 1 atom stereocenters. The van der Waals surface area contributed by atoms with Gasteiger partial charge in [0.15, 0.2) is 11.6 Å². The van der Waals surface area contributed by atoms with E-state index in [0.29, 0.717) is 0 Å². The van der Waals surface area contributed by atoms with Crippen LogP contribution in [0.15, 0.2) is 12.1 Å². The molecule has 1 unspecified atom stereocenters. The lowest BCUT2D eigenvalue weighted by atomic mass is 10.0. The van der Waals surface area contributed by atoms with Gasteiger partial charge in [0.1, 0.15) is 0 Å². The standard InChI is InChI=1S/C9H9ClFNO3/c10-5-1-4(2-6(11)9(5)15)7(12)3-8(13)14/h1-2,7,15H,3,12H2,(H,13,14). The Kier molecular flexibility index (Phi) is 3.49. The van der Waals surface area contributed by atoms with E-state index >= 15 is 0 Å². The summed E-state index contributed by atoms with van der Waals surface area (Å²) in [6.45, 7) is 0. The first-order valence-corrected chi connectivity index (χ1v) is 4.45. The van der Waals surface area contributed by atoms with Crippen molar-refractivity contribution in [2.45, 2.75) is 12.5 Å². The Labute approximate surface area is 90.1 Å². The number of aromatic hydroxyl groups is 1. The average molecular weight is 234 g/mol. The summed E-state index contributed by atoms with van der Waals surface area (Å²) in [5.74, 6) is -2.67. The van der Waals surface area contributed by atoms with E-state index < -0.39 is 23.6 Å². The molecule has 0 aliphatic rings. The van der Waals surface area contributed by atoms with Crippen molar-refractivity contribution >= 4 is 17.6 Å². The lowest BCUT2D eigenvalue weighted by molar-refractivity contribution is -0.137. The lowest BCUT2D eigenvalue weighted by Crippen LogP contribution is -2.15. The Morgan fingerprint density at radius 1 is 1.60 bits per heavy atom. The third-order valence-electron chi connectivity index (χ3n) is 1.86. The van der Waals surface area contributed by atoms with Crippen LogP contribution in [-0.4, -0.2) is 16.2 Å². The topological polar surface area (TPSA) is 83.6 Å². The van der Waals surface area contributed by atoms with Crippen molar-refractivity contribution in [3.05, 3.63) is 28.5 Å². The first-order chi connectivity index (χ1) is 6.91. The number of nitrogens with two attached hydrogens (primary N) is 1. The number of phenolic OH excluding ortho intramolecular Hbond substituents is 1. The molecular weight excluding hydrogens is 225 g/mol. The van der Waals surface area contributed by atoms with E-state index in [4.69, 9.17) is 27.5 Å². The Bertz CT molecular complexity index is 374. The molecule has 15 heavy (non-hydrogen) atoms. The lowest BCUT2D eigenvalue weighted by Gasteiger charge is -2.10. The number of rotatable bonds is 3. The molecule has 1 rings (SSSR count). The molecule has 82 valence electrons. The maximum atomic E-state index is 13.0. The van der Waals surface area contributed by atoms with Gasteiger partial charge in [-0.2, -0.15) is 0 Å². The first kappa shape index (κ1) is 11.7. The summed E-state index contributed by atoms with van der Waals surface area (Å²) in [7, 11) is 0. The molecule has 0 aliphatic carbocycles. The van der Waals surface area contributed by atoms with Crippen LogP contribution in [0.2, 0.25) is 5.02 Å². The average Bonchev–Trinajstić information content (AvgIpc) is 2.12. The number of carbonyl (C=O) groups is 1. The van der Waals surface area contributed by atoms with Gasteiger partial charge >= 0.3 is 5.97 Å². The van der Waals surface area contributed by atoms with Crippen molar-refractivity contribution in [1.82, 2.24) is 0 Å². The van der Waals surface area contributed by atoms with Crippen LogP contribution in [0.3, 0.4) is 0 Å². The van der Waals surface area contributed by atoms with Crippen molar-refractivity contribution in [3.8, 4) is 5.75 Å². The number of phenols is 1. The fraction of sp³-hybridized carbons (Fsp3) is 0.222. The summed E-state index contributed by atoms with van der Waals surface area (Å²) >= 11 is 5.51. The predicted octanol–water partition coefficient (Wildman–Crippen LogP) is 1.66. The van der Waals surface area contributed by atoms with E-state index in [2.05, 4.69) is 0 Å². The smallest absolute Gasteiger partial charge is 0.305 e. The molecule has 0 spiro atoms. The molecule has 0 bridgehead atoms. The number of benzene rings is 1. The molecule has 0 saturated heterocycles. The zero-order chi connectivity index (χ0) is 11.6. The minimum atomic E-state index is -1.09. The summed E-state index contributed by atoms with van der Waals surface area (Å²) in [5.41, 5.74) is 5.73. The third kappa shape index (κ3) is 2.81. The van der Waals surface area contributed by atoms with Gasteiger partial charge < -0.3 is 15.9 Å². The van der Waals surface area contributed by atoms with E-state index in [1.165, 1.54) is 6.07 Å². The second-order valence-electron chi connectivity index (χ2n) is 3.04. The van der Waals surface area contributed by atoms with Crippen LogP contribution in [-0.2, 0) is 4.79 Å². The molecule has 1 aromatic rings. The molecule has 0 fully saturated rings. The molecule has 1 aromatic carbocycles. The molecule has 0 aliphatic heterocycles. The van der Waals surface area contributed by atoms with Gasteiger partial charge in [-0.05, 0) is 17.7 Å². The van der Waals surface area contributed by atoms with E-state index in [1.807, 2.05) is 0 Å². The van der Waals surface area contributed by atoms with E-state index in [0.717, 1.165) is 6.07 Å². The van der Waals surface area contributed by atoms with Crippen LogP contribution in [0.1, 0.15) is 18.0 Å². The molecule has 4 N–H and O–H groups in total.